The van der Waals surface area contributed by atoms with E-state index in [0.717, 1.165) is 16.3 Å². The first kappa shape index (κ1) is 18.7. The molecule has 0 aliphatic heterocycles. The van der Waals surface area contributed by atoms with Crippen LogP contribution in [0.5, 0.6) is 0 Å². The van der Waals surface area contributed by atoms with Crippen LogP contribution in [0.1, 0.15) is 56.0 Å². The molecule has 3 aromatic rings. The number of aryl methyl sites for hydroxylation is 1. The van der Waals surface area contributed by atoms with Gasteiger partial charge in [0.2, 0.25) is 11.0 Å². The lowest BCUT2D eigenvalue weighted by atomic mass is 10.2. The van der Waals surface area contributed by atoms with Gasteiger partial charge in [0.1, 0.15) is 15.9 Å². The van der Waals surface area contributed by atoms with E-state index in [1.54, 1.807) is 0 Å². The van der Waals surface area contributed by atoms with Crippen LogP contribution in [-0.2, 0) is 11.2 Å². The van der Waals surface area contributed by atoms with Crippen molar-refractivity contribution in [2.45, 2.75) is 52.5 Å². The van der Waals surface area contributed by atoms with Crippen molar-refractivity contribution >= 4 is 43.9 Å². The summed E-state index contributed by atoms with van der Waals surface area (Å²) in [4.78, 5) is 31.7. The molecule has 0 spiro atoms. The minimum Gasteiger partial charge on any atom is -0.299 e. The van der Waals surface area contributed by atoms with Crippen LogP contribution in [0.4, 0.5) is 5.13 Å². The Kier molecular flexibility index (Phi) is 5.47. The Morgan fingerprint density at radius 1 is 1.27 bits per heavy atom. The summed E-state index contributed by atoms with van der Waals surface area (Å²) in [7, 11) is 0. The third kappa shape index (κ3) is 3.54. The summed E-state index contributed by atoms with van der Waals surface area (Å²) < 4.78 is 1.41. The van der Waals surface area contributed by atoms with Crippen molar-refractivity contribution in [2.24, 2.45) is 0 Å². The van der Waals surface area contributed by atoms with E-state index >= 15 is 0 Å². The summed E-state index contributed by atoms with van der Waals surface area (Å²) in [5.74, 6) is -0.0335. The highest BCUT2D eigenvalue weighted by atomic mass is 32.1. The number of amides is 1. The second-order valence-corrected chi connectivity index (χ2v) is 8.38. The Bertz CT molecular complexity index is 989. The Labute approximate surface area is 159 Å². The highest BCUT2D eigenvalue weighted by Gasteiger charge is 2.23. The first-order chi connectivity index (χ1) is 12.4. The van der Waals surface area contributed by atoms with E-state index in [0.29, 0.717) is 21.8 Å². The number of aromatic nitrogens is 4. The van der Waals surface area contributed by atoms with Gasteiger partial charge in [0.05, 0.1) is 11.7 Å². The maximum Gasteiger partial charge on any atom is 0.262 e. The second kappa shape index (κ2) is 7.63. The maximum absolute atomic E-state index is 12.8. The van der Waals surface area contributed by atoms with Gasteiger partial charge in [-0.2, -0.15) is 0 Å². The predicted molar refractivity (Wildman–Crippen MR) is 105 cm³/mol. The average Bonchev–Trinajstić information content (AvgIpc) is 3.24. The molecule has 1 amide bonds. The molecular formula is C17H21N5O2S2. The van der Waals surface area contributed by atoms with Gasteiger partial charge in [-0.15, -0.1) is 21.5 Å². The van der Waals surface area contributed by atoms with Crippen LogP contribution in [0.25, 0.3) is 10.2 Å². The van der Waals surface area contributed by atoms with Gasteiger partial charge in [-0.3, -0.25) is 19.5 Å². The van der Waals surface area contributed by atoms with Crippen molar-refractivity contribution < 1.29 is 4.79 Å². The summed E-state index contributed by atoms with van der Waals surface area (Å²) in [5.41, 5.74) is -0.187. The van der Waals surface area contributed by atoms with E-state index in [2.05, 4.69) is 20.5 Å². The first-order valence-corrected chi connectivity index (χ1v) is 10.2. The lowest BCUT2D eigenvalue weighted by Crippen LogP contribution is -2.33. The van der Waals surface area contributed by atoms with E-state index in [1.165, 1.54) is 33.6 Å². The molecular weight excluding hydrogens is 370 g/mol. The molecule has 1 N–H and O–H groups in total. The fourth-order valence-corrected chi connectivity index (χ4v) is 4.27. The SMILES string of the molecule is CCc1cc2c(=O)n(C(CC)C(=O)Nc3nnc(C(C)C)s3)cnc2s1. The van der Waals surface area contributed by atoms with Crippen LogP contribution >= 0.6 is 22.7 Å². The second-order valence-electron chi connectivity index (χ2n) is 6.26. The fourth-order valence-electron chi connectivity index (χ4n) is 2.60. The Hall–Kier alpha value is -2.13. The van der Waals surface area contributed by atoms with Crippen LogP contribution in [0.3, 0.4) is 0 Å². The Morgan fingerprint density at radius 2 is 2.04 bits per heavy atom. The highest BCUT2D eigenvalue weighted by molar-refractivity contribution is 7.18. The first-order valence-electron chi connectivity index (χ1n) is 8.58. The zero-order valence-electron chi connectivity index (χ0n) is 15.1. The smallest absolute Gasteiger partial charge is 0.262 e. The molecule has 0 radical (unpaired) electrons. The third-order valence-corrected chi connectivity index (χ3v) is 6.39. The summed E-state index contributed by atoms with van der Waals surface area (Å²) in [6.07, 6.45) is 2.79. The quantitative estimate of drug-likeness (QED) is 0.693. The summed E-state index contributed by atoms with van der Waals surface area (Å²) in [6.45, 7) is 7.95. The zero-order valence-corrected chi connectivity index (χ0v) is 16.8. The third-order valence-electron chi connectivity index (χ3n) is 4.07. The Morgan fingerprint density at radius 3 is 2.65 bits per heavy atom. The van der Waals surface area contributed by atoms with Gasteiger partial charge in [0, 0.05) is 10.8 Å². The molecule has 7 nitrogen and oxygen atoms in total. The largest absolute Gasteiger partial charge is 0.299 e. The normalized spacial score (nSPS) is 12.7. The van der Waals surface area contributed by atoms with E-state index in [-0.39, 0.29) is 17.4 Å². The van der Waals surface area contributed by atoms with Crippen molar-refractivity contribution in [3.05, 3.63) is 32.6 Å². The summed E-state index contributed by atoms with van der Waals surface area (Å²) in [5, 5.41) is 12.7. The number of thiophene rings is 1. The summed E-state index contributed by atoms with van der Waals surface area (Å²) in [6, 6.07) is 1.23. The van der Waals surface area contributed by atoms with E-state index in [4.69, 9.17) is 0 Å². The van der Waals surface area contributed by atoms with Gasteiger partial charge in [0.15, 0.2) is 0 Å². The molecule has 3 aromatic heterocycles. The molecule has 1 atom stereocenters. The predicted octanol–water partition coefficient (Wildman–Crippen LogP) is 3.59. The Balaban J connectivity index is 1.89. The number of hydrogen-bond acceptors (Lipinski definition) is 7. The van der Waals surface area contributed by atoms with Crippen LogP contribution in [0, 0.1) is 0 Å². The van der Waals surface area contributed by atoms with Gasteiger partial charge in [-0.25, -0.2) is 4.98 Å². The van der Waals surface area contributed by atoms with Gasteiger partial charge in [-0.05, 0) is 18.9 Å². The highest BCUT2D eigenvalue weighted by Crippen LogP contribution is 2.25. The number of rotatable bonds is 6. The molecule has 1 unspecified atom stereocenters. The standard InChI is InChI=1S/C17H21N5O2S2/c1-5-10-7-11-15(25-10)18-8-22(16(11)24)12(6-2)13(23)19-17-21-20-14(26-17)9(3)4/h7-9,12H,5-6H2,1-4H3,(H,19,21,23). The maximum atomic E-state index is 12.8. The number of fused-ring (bicyclic) bond motifs is 1. The number of nitrogens with zero attached hydrogens (tertiary/aromatic N) is 4. The molecule has 138 valence electrons. The minimum atomic E-state index is -0.643. The van der Waals surface area contributed by atoms with Crippen LogP contribution in [0.2, 0.25) is 0 Å². The van der Waals surface area contributed by atoms with Crippen LogP contribution in [-0.4, -0.2) is 25.7 Å². The molecule has 0 saturated heterocycles. The van der Waals surface area contributed by atoms with Gasteiger partial charge < -0.3 is 0 Å². The topological polar surface area (TPSA) is 89.8 Å². The minimum absolute atomic E-state index is 0.187. The molecule has 0 fully saturated rings. The molecule has 0 aliphatic rings. The lowest BCUT2D eigenvalue weighted by Gasteiger charge is -2.16. The number of nitrogens with one attached hydrogen (secondary N) is 1. The fraction of sp³-hybridized carbons (Fsp3) is 0.471. The van der Waals surface area contributed by atoms with Gasteiger partial charge in [0.25, 0.3) is 5.56 Å². The van der Waals surface area contributed by atoms with Crippen LogP contribution < -0.4 is 10.9 Å². The van der Waals surface area contributed by atoms with E-state index in [1.807, 2.05) is 33.8 Å². The van der Waals surface area contributed by atoms with Gasteiger partial charge >= 0.3 is 0 Å². The van der Waals surface area contributed by atoms with Gasteiger partial charge in [-0.1, -0.05) is 39.0 Å². The van der Waals surface area contributed by atoms with Crippen LogP contribution in [0.15, 0.2) is 17.2 Å². The van der Waals surface area contributed by atoms with Crippen molar-refractivity contribution in [2.75, 3.05) is 5.32 Å². The van der Waals surface area contributed by atoms with E-state index in [9.17, 15) is 9.59 Å². The van der Waals surface area contributed by atoms with Crippen molar-refractivity contribution in [1.29, 1.82) is 0 Å². The molecule has 9 heteroatoms. The molecule has 0 aromatic carbocycles. The van der Waals surface area contributed by atoms with Crippen molar-refractivity contribution in [3.8, 4) is 0 Å². The summed E-state index contributed by atoms with van der Waals surface area (Å²) >= 11 is 2.86. The number of hydrogen-bond donors (Lipinski definition) is 1. The molecule has 0 saturated carbocycles. The van der Waals surface area contributed by atoms with E-state index < -0.39 is 6.04 Å². The number of carbonyl (C=O) groups is 1. The molecule has 3 rings (SSSR count). The number of anilines is 1. The molecule has 0 aliphatic carbocycles. The number of carbonyl (C=O) groups excluding carboxylic acids is 1. The average molecular weight is 392 g/mol. The van der Waals surface area contributed by atoms with Crippen molar-refractivity contribution in [1.82, 2.24) is 19.7 Å². The molecule has 0 bridgehead atoms. The zero-order chi connectivity index (χ0) is 18.8. The lowest BCUT2D eigenvalue weighted by molar-refractivity contribution is -0.119. The molecule has 3 heterocycles. The van der Waals surface area contributed by atoms with Crippen molar-refractivity contribution in [3.63, 3.8) is 0 Å². The molecule has 26 heavy (non-hydrogen) atoms. The monoisotopic (exact) mass is 391 g/mol.